The van der Waals surface area contributed by atoms with E-state index in [0.717, 1.165) is 31.2 Å². The van der Waals surface area contributed by atoms with Crippen LogP contribution in [0, 0.1) is 23.7 Å². The Balaban J connectivity index is 2.27. The number of nitriles is 1. The van der Waals surface area contributed by atoms with Gasteiger partial charge in [0, 0.05) is 0 Å². The lowest BCUT2D eigenvalue weighted by molar-refractivity contribution is 0.0671. The number of hydrogen-bond acceptors (Lipinski definition) is 2. The SMILES string of the molecule is Cc1ccc(C(O)C2(C#N)CCCC2)cc1. The first-order chi connectivity index (χ1) is 7.68. The van der Waals surface area contributed by atoms with Gasteiger partial charge >= 0.3 is 0 Å². The molecule has 2 nitrogen and oxygen atoms in total. The number of aliphatic hydroxyl groups excluding tert-OH is 1. The van der Waals surface area contributed by atoms with E-state index in [-0.39, 0.29) is 0 Å². The van der Waals surface area contributed by atoms with Gasteiger partial charge < -0.3 is 5.11 Å². The minimum absolute atomic E-state index is 0.546. The Bertz CT molecular complexity index is 396. The second-order valence-electron chi connectivity index (χ2n) is 4.79. The maximum atomic E-state index is 10.3. The lowest BCUT2D eigenvalue weighted by atomic mass is 9.78. The monoisotopic (exact) mass is 215 g/mol. The van der Waals surface area contributed by atoms with Crippen LogP contribution in [-0.4, -0.2) is 5.11 Å². The third-order valence-corrected chi connectivity index (χ3v) is 3.63. The fourth-order valence-electron chi connectivity index (χ4n) is 2.52. The third kappa shape index (κ3) is 1.83. The minimum atomic E-state index is -0.638. The summed E-state index contributed by atoms with van der Waals surface area (Å²) in [6.07, 6.45) is 3.10. The van der Waals surface area contributed by atoms with Gasteiger partial charge in [0.25, 0.3) is 0 Å². The van der Waals surface area contributed by atoms with Crippen LogP contribution in [0.2, 0.25) is 0 Å². The number of aryl methyl sites for hydroxylation is 1. The zero-order valence-corrected chi connectivity index (χ0v) is 9.61. The lowest BCUT2D eigenvalue weighted by Gasteiger charge is -2.27. The number of aliphatic hydroxyl groups is 1. The highest BCUT2D eigenvalue weighted by Crippen LogP contribution is 2.46. The molecule has 0 aliphatic heterocycles. The molecule has 1 aromatic rings. The van der Waals surface area contributed by atoms with Crippen molar-refractivity contribution in [2.24, 2.45) is 5.41 Å². The number of hydrogen-bond donors (Lipinski definition) is 1. The van der Waals surface area contributed by atoms with Gasteiger partial charge in [-0.25, -0.2) is 0 Å². The summed E-state index contributed by atoms with van der Waals surface area (Å²) in [6.45, 7) is 2.02. The van der Waals surface area contributed by atoms with Crippen molar-refractivity contribution in [1.29, 1.82) is 5.26 Å². The van der Waals surface area contributed by atoms with E-state index >= 15 is 0 Å². The number of nitrogens with zero attached hydrogens (tertiary/aromatic N) is 1. The van der Waals surface area contributed by atoms with E-state index in [1.54, 1.807) is 0 Å². The Morgan fingerprint density at radius 2 is 1.81 bits per heavy atom. The maximum Gasteiger partial charge on any atom is 0.0976 e. The number of benzene rings is 1. The Kier molecular flexibility index (Phi) is 2.98. The Labute approximate surface area is 96.5 Å². The maximum absolute atomic E-state index is 10.3. The molecule has 0 amide bonds. The van der Waals surface area contributed by atoms with Crippen LogP contribution in [0.25, 0.3) is 0 Å². The fraction of sp³-hybridized carbons (Fsp3) is 0.500. The van der Waals surface area contributed by atoms with E-state index in [4.69, 9.17) is 0 Å². The van der Waals surface area contributed by atoms with Gasteiger partial charge in [0.1, 0.15) is 0 Å². The van der Waals surface area contributed by atoms with Crippen LogP contribution >= 0.6 is 0 Å². The van der Waals surface area contributed by atoms with Crippen LogP contribution in [0.4, 0.5) is 0 Å². The second kappa shape index (κ2) is 4.27. The fourth-order valence-corrected chi connectivity index (χ4v) is 2.52. The van der Waals surface area contributed by atoms with Crippen LogP contribution in [0.3, 0.4) is 0 Å². The van der Waals surface area contributed by atoms with Gasteiger partial charge in [-0.3, -0.25) is 0 Å². The quantitative estimate of drug-likeness (QED) is 0.823. The molecule has 0 aromatic heterocycles. The van der Waals surface area contributed by atoms with E-state index in [2.05, 4.69) is 6.07 Å². The van der Waals surface area contributed by atoms with Crippen molar-refractivity contribution in [2.75, 3.05) is 0 Å². The van der Waals surface area contributed by atoms with Crippen LogP contribution in [0.5, 0.6) is 0 Å². The first-order valence-corrected chi connectivity index (χ1v) is 5.84. The zero-order chi connectivity index (χ0) is 11.6. The first kappa shape index (κ1) is 11.2. The van der Waals surface area contributed by atoms with E-state index < -0.39 is 11.5 Å². The molecule has 0 heterocycles. The molecule has 0 spiro atoms. The molecule has 2 rings (SSSR count). The summed E-state index contributed by atoms with van der Waals surface area (Å²) in [5.41, 5.74) is 1.50. The van der Waals surface area contributed by atoms with Crippen LogP contribution in [0.15, 0.2) is 24.3 Å². The average Bonchev–Trinajstić information content (AvgIpc) is 2.79. The molecule has 1 N–H and O–H groups in total. The topological polar surface area (TPSA) is 44.0 Å². The van der Waals surface area contributed by atoms with Crippen molar-refractivity contribution in [3.63, 3.8) is 0 Å². The molecule has 84 valence electrons. The minimum Gasteiger partial charge on any atom is -0.387 e. The molecule has 0 bridgehead atoms. The van der Waals surface area contributed by atoms with E-state index in [9.17, 15) is 10.4 Å². The molecular formula is C14H17NO. The Morgan fingerprint density at radius 1 is 1.25 bits per heavy atom. The van der Waals surface area contributed by atoms with E-state index in [0.29, 0.717) is 0 Å². The molecule has 0 radical (unpaired) electrons. The average molecular weight is 215 g/mol. The van der Waals surface area contributed by atoms with E-state index in [1.807, 2.05) is 31.2 Å². The predicted octanol–water partition coefficient (Wildman–Crippen LogP) is 3.11. The molecule has 1 aliphatic carbocycles. The standard InChI is InChI=1S/C14H17NO/c1-11-4-6-12(7-5-11)13(16)14(10-15)8-2-3-9-14/h4-7,13,16H,2-3,8-9H2,1H3. The van der Waals surface area contributed by atoms with Gasteiger partial charge in [-0.1, -0.05) is 42.7 Å². The van der Waals surface area contributed by atoms with Crippen molar-refractivity contribution in [3.8, 4) is 6.07 Å². The molecule has 1 fully saturated rings. The molecule has 1 saturated carbocycles. The summed E-state index contributed by atoms with van der Waals surface area (Å²) in [6, 6.07) is 10.2. The van der Waals surface area contributed by atoms with Crippen LogP contribution in [0.1, 0.15) is 42.9 Å². The summed E-state index contributed by atoms with van der Waals surface area (Å²) < 4.78 is 0. The van der Waals surface area contributed by atoms with Crippen LogP contribution in [-0.2, 0) is 0 Å². The molecule has 1 aliphatic rings. The third-order valence-electron chi connectivity index (χ3n) is 3.63. The van der Waals surface area contributed by atoms with Crippen molar-refractivity contribution in [2.45, 2.75) is 38.7 Å². The zero-order valence-electron chi connectivity index (χ0n) is 9.61. The summed E-state index contributed by atoms with van der Waals surface area (Å²) in [7, 11) is 0. The molecule has 0 saturated heterocycles. The Hall–Kier alpha value is -1.33. The summed E-state index contributed by atoms with van der Waals surface area (Å²) >= 11 is 0. The molecule has 1 atom stereocenters. The van der Waals surface area contributed by atoms with Gasteiger partial charge in [-0.05, 0) is 25.3 Å². The number of rotatable bonds is 2. The molecular weight excluding hydrogens is 198 g/mol. The smallest absolute Gasteiger partial charge is 0.0976 e. The molecule has 2 heteroatoms. The molecule has 1 unspecified atom stereocenters. The van der Waals surface area contributed by atoms with Crippen molar-refractivity contribution >= 4 is 0 Å². The first-order valence-electron chi connectivity index (χ1n) is 5.84. The highest BCUT2D eigenvalue weighted by Gasteiger charge is 2.41. The highest BCUT2D eigenvalue weighted by atomic mass is 16.3. The normalized spacial score (nSPS) is 20.3. The summed E-state index contributed by atoms with van der Waals surface area (Å²) in [4.78, 5) is 0. The van der Waals surface area contributed by atoms with Crippen molar-refractivity contribution in [3.05, 3.63) is 35.4 Å². The highest BCUT2D eigenvalue weighted by molar-refractivity contribution is 5.27. The largest absolute Gasteiger partial charge is 0.387 e. The Morgan fingerprint density at radius 3 is 2.31 bits per heavy atom. The van der Waals surface area contributed by atoms with Gasteiger partial charge in [-0.2, -0.15) is 5.26 Å². The van der Waals surface area contributed by atoms with E-state index in [1.165, 1.54) is 5.56 Å². The second-order valence-corrected chi connectivity index (χ2v) is 4.79. The lowest BCUT2D eigenvalue weighted by Crippen LogP contribution is -2.23. The van der Waals surface area contributed by atoms with Gasteiger partial charge in [0.15, 0.2) is 0 Å². The predicted molar refractivity (Wildman–Crippen MR) is 62.7 cm³/mol. The summed E-state index contributed by atoms with van der Waals surface area (Å²) in [5.74, 6) is 0. The van der Waals surface area contributed by atoms with Crippen molar-refractivity contribution in [1.82, 2.24) is 0 Å². The van der Waals surface area contributed by atoms with Gasteiger partial charge in [0.05, 0.1) is 17.6 Å². The van der Waals surface area contributed by atoms with Crippen LogP contribution < -0.4 is 0 Å². The molecule has 1 aromatic carbocycles. The summed E-state index contributed by atoms with van der Waals surface area (Å²) in [5, 5.41) is 19.6. The van der Waals surface area contributed by atoms with Gasteiger partial charge in [0.2, 0.25) is 0 Å². The van der Waals surface area contributed by atoms with Gasteiger partial charge in [-0.15, -0.1) is 0 Å². The molecule has 16 heavy (non-hydrogen) atoms. The van der Waals surface area contributed by atoms with Crippen molar-refractivity contribution < 1.29 is 5.11 Å².